The maximum atomic E-state index is 6.10. The SMILES string of the molecule is Cc1c(Cl)ccc(OCCCN2CCC[C@H](C)C2)c1C. The Morgan fingerprint density at radius 3 is 2.85 bits per heavy atom. The fourth-order valence-electron chi connectivity index (χ4n) is 2.88. The highest BCUT2D eigenvalue weighted by Gasteiger charge is 2.15. The molecule has 1 saturated heterocycles. The molecule has 1 fully saturated rings. The molecule has 1 heterocycles. The minimum atomic E-state index is 0.785. The van der Waals surface area contributed by atoms with Crippen LogP contribution in [0.4, 0.5) is 0 Å². The van der Waals surface area contributed by atoms with E-state index in [0.29, 0.717) is 0 Å². The number of rotatable bonds is 5. The number of piperidine rings is 1. The van der Waals surface area contributed by atoms with E-state index in [9.17, 15) is 0 Å². The predicted octanol–water partition coefficient (Wildman–Crippen LogP) is 4.46. The van der Waals surface area contributed by atoms with E-state index in [1.165, 1.54) is 25.9 Å². The van der Waals surface area contributed by atoms with Crippen molar-refractivity contribution in [3.05, 3.63) is 28.3 Å². The Morgan fingerprint density at radius 1 is 1.30 bits per heavy atom. The van der Waals surface area contributed by atoms with Gasteiger partial charge in [0.2, 0.25) is 0 Å². The van der Waals surface area contributed by atoms with Crippen molar-refractivity contribution in [2.24, 2.45) is 5.92 Å². The van der Waals surface area contributed by atoms with Crippen molar-refractivity contribution in [2.45, 2.75) is 40.0 Å². The second kappa shape index (κ2) is 7.33. The number of benzene rings is 1. The first-order chi connectivity index (χ1) is 9.58. The summed E-state index contributed by atoms with van der Waals surface area (Å²) in [6, 6.07) is 3.90. The molecule has 3 heteroatoms. The van der Waals surface area contributed by atoms with Gasteiger partial charge in [-0.3, -0.25) is 0 Å². The van der Waals surface area contributed by atoms with Crippen LogP contribution in [0.3, 0.4) is 0 Å². The molecule has 0 saturated carbocycles. The number of hydrogen-bond donors (Lipinski definition) is 0. The standard InChI is InChI=1S/C17H26ClNO/c1-13-6-4-9-19(12-13)10-5-11-20-17-8-7-16(18)14(2)15(17)3/h7-8,13H,4-6,9-12H2,1-3H3/t13-/m0/s1. The van der Waals surface area contributed by atoms with Crippen LogP contribution in [0, 0.1) is 19.8 Å². The van der Waals surface area contributed by atoms with E-state index in [-0.39, 0.29) is 0 Å². The lowest BCUT2D eigenvalue weighted by Gasteiger charge is -2.30. The highest BCUT2D eigenvalue weighted by atomic mass is 35.5. The summed E-state index contributed by atoms with van der Waals surface area (Å²) in [5.74, 6) is 1.82. The Balaban J connectivity index is 1.75. The predicted molar refractivity (Wildman–Crippen MR) is 85.9 cm³/mol. The Kier molecular flexibility index (Phi) is 5.74. The molecule has 1 aromatic carbocycles. The number of likely N-dealkylation sites (tertiary alicyclic amines) is 1. The molecule has 1 aliphatic heterocycles. The van der Waals surface area contributed by atoms with E-state index >= 15 is 0 Å². The summed E-state index contributed by atoms with van der Waals surface area (Å²) in [6.07, 6.45) is 3.82. The molecule has 20 heavy (non-hydrogen) atoms. The van der Waals surface area contributed by atoms with Gasteiger partial charge in [-0.25, -0.2) is 0 Å². The van der Waals surface area contributed by atoms with Gasteiger partial charge in [0.05, 0.1) is 6.61 Å². The number of hydrogen-bond acceptors (Lipinski definition) is 2. The van der Waals surface area contributed by atoms with Crippen LogP contribution in [0.2, 0.25) is 5.02 Å². The van der Waals surface area contributed by atoms with Crippen LogP contribution in [0.25, 0.3) is 0 Å². The second-order valence-electron chi connectivity index (χ2n) is 6.05. The molecule has 0 aliphatic carbocycles. The molecule has 0 spiro atoms. The lowest BCUT2D eigenvalue weighted by molar-refractivity contribution is 0.170. The lowest BCUT2D eigenvalue weighted by atomic mass is 10.0. The zero-order chi connectivity index (χ0) is 14.5. The maximum absolute atomic E-state index is 6.10. The van der Waals surface area contributed by atoms with E-state index in [4.69, 9.17) is 16.3 Å². The monoisotopic (exact) mass is 295 g/mol. The van der Waals surface area contributed by atoms with E-state index in [1.54, 1.807) is 0 Å². The molecule has 0 amide bonds. The van der Waals surface area contributed by atoms with Crippen molar-refractivity contribution in [1.82, 2.24) is 4.90 Å². The molecule has 0 bridgehead atoms. The molecule has 0 N–H and O–H groups in total. The summed E-state index contributed by atoms with van der Waals surface area (Å²) in [5.41, 5.74) is 2.28. The average molecular weight is 296 g/mol. The van der Waals surface area contributed by atoms with Crippen molar-refractivity contribution in [3.63, 3.8) is 0 Å². The zero-order valence-corrected chi connectivity index (χ0v) is 13.7. The summed E-state index contributed by atoms with van der Waals surface area (Å²) < 4.78 is 5.91. The third kappa shape index (κ3) is 4.13. The van der Waals surface area contributed by atoms with Crippen molar-refractivity contribution < 1.29 is 4.74 Å². The van der Waals surface area contributed by atoms with Crippen molar-refractivity contribution >= 4 is 11.6 Å². The Bertz CT molecular complexity index is 447. The van der Waals surface area contributed by atoms with Gasteiger partial charge in [-0.05, 0) is 68.8 Å². The summed E-state index contributed by atoms with van der Waals surface area (Å²) >= 11 is 6.10. The van der Waals surface area contributed by atoms with Crippen LogP contribution in [-0.4, -0.2) is 31.1 Å². The highest BCUT2D eigenvalue weighted by molar-refractivity contribution is 6.31. The molecule has 0 unspecified atom stereocenters. The first-order valence-corrected chi connectivity index (χ1v) is 8.06. The third-order valence-corrected chi connectivity index (χ3v) is 4.70. The first kappa shape index (κ1) is 15.7. The van der Waals surface area contributed by atoms with Gasteiger partial charge < -0.3 is 9.64 Å². The van der Waals surface area contributed by atoms with E-state index in [0.717, 1.165) is 47.4 Å². The molecule has 112 valence electrons. The van der Waals surface area contributed by atoms with E-state index < -0.39 is 0 Å². The number of nitrogens with zero attached hydrogens (tertiary/aromatic N) is 1. The van der Waals surface area contributed by atoms with Gasteiger partial charge in [0.15, 0.2) is 0 Å². The van der Waals surface area contributed by atoms with Crippen molar-refractivity contribution in [3.8, 4) is 5.75 Å². The van der Waals surface area contributed by atoms with Crippen molar-refractivity contribution in [2.75, 3.05) is 26.2 Å². The summed E-state index contributed by atoms with van der Waals surface area (Å²) in [6.45, 7) is 10.9. The van der Waals surface area contributed by atoms with Crippen LogP contribution in [0.5, 0.6) is 5.75 Å². The van der Waals surface area contributed by atoms with Crippen LogP contribution >= 0.6 is 11.6 Å². The first-order valence-electron chi connectivity index (χ1n) is 7.68. The fourth-order valence-corrected chi connectivity index (χ4v) is 3.08. The summed E-state index contributed by atoms with van der Waals surface area (Å²) in [7, 11) is 0. The quantitative estimate of drug-likeness (QED) is 0.744. The molecular formula is C17H26ClNO. The van der Waals surface area contributed by atoms with Gasteiger partial charge >= 0.3 is 0 Å². The maximum Gasteiger partial charge on any atom is 0.122 e. The fraction of sp³-hybridized carbons (Fsp3) is 0.647. The minimum Gasteiger partial charge on any atom is -0.493 e. The minimum absolute atomic E-state index is 0.785. The number of halogens is 1. The second-order valence-corrected chi connectivity index (χ2v) is 6.45. The van der Waals surface area contributed by atoms with Crippen LogP contribution in [0.1, 0.15) is 37.3 Å². The Labute approximate surface area is 128 Å². The van der Waals surface area contributed by atoms with Crippen molar-refractivity contribution in [1.29, 1.82) is 0 Å². The summed E-state index contributed by atoms with van der Waals surface area (Å²) in [5, 5.41) is 0.817. The smallest absolute Gasteiger partial charge is 0.122 e. The van der Waals surface area contributed by atoms with Crippen LogP contribution in [-0.2, 0) is 0 Å². The molecule has 1 atom stereocenters. The van der Waals surface area contributed by atoms with Gasteiger partial charge in [-0.1, -0.05) is 18.5 Å². The topological polar surface area (TPSA) is 12.5 Å². The molecule has 0 aromatic heterocycles. The van der Waals surface area contributed by atoms with Gasteiger partial charge in [-0.2, -0.15) is 0 Å². The van der Waals surface area contributed by atoms with Gasteiger partial charge in [0.1, 0.15) is 5.75 Å². The lowest BCUT2D eigenvalue weighted by Crippen LogP contribution is -2.35. The van der Waals surface area contributed by atoms with Crippen LogP contribution < -0.4 is 4.74 Å². The highest BCUT2D eigenvalue weighted by Crippen LogP contribution is 2.27. The van der Waals surface area contributed by atoms with Gasteiger partial charge in [0, 0.05) is 18.1 Å². The Morgan fingerprint density at radius 2 is 2.10 bits per heavy atom. The normalized spacial score (nSPS) is 20.1. The van der Waals surface area contributed by atoms with Gasteiger partial charge in [-0.15, -0.1) is 0 Å². The molecule has 1 aliphatic rings. The average Bonchev–Trinajstić information content (AvgIpc) is 2.43. The molecule has 0 radical (unpaired) electrons. The molecular weight excluding hydrogens is 270 g/mol. The largest absolute Gasteiger partial charge is 0.493 e. The molecule has 2 rings (SSSR count). The molecule has 2 nitrogen and oxygen atoms in total. The van der Waals surface area contributed by atoms with Gasteiger partial charge in [0.25, 0.3) is 0 Å². The third-order valence-electron chi connectivity index (χ3n) is 4.29. The van der Waals surface area contributed by atoms with E-state index in [2.05, 4.69) is 18.7 Å². The Hall–Kier alpha value is -0.730. The summed E-state index contributed by atoms with van der Waals surface area (Å²) in [4.78, 5) is 2.57. The van der Waals surface area contributed by atoms with Crippen LogP contribution in [0.15, 0.2) is 12.1 Å². The van der Waals surface area contributed by atoms with E-state index in [1.807, 2.05) is 19.1 Å². The zero-order valence-electron chi connectivity index (χ0n) is 12.9. The number of ether oxygens (including phenoxy) is 1. The molecule has 1 aromatic rings.